The molecule has 0 amide bonds. The quantitative estimate of drug-likeness (QED) is 0.499. The van der Waals surface area contributed by atoms with Crippen molar-refractivity contribution in [2.45, 2.75) is 40.5 Å². The van der Waals surface area contributed by atoms with Crippen molar-refractivity contribution in [1.29, 1.82) is 0 Å². The van der Waals surface area contributed by atoms with Gasteiger partial charge in [0, 0.05) is 0 Å². The van der Waals surface area contributed by atoms with E-state index in [1.807, 2.05) is 0 Å². The maximum Gasteiger partial charge on any atom is -0.0295 e. The first-order valence-electron chi connectivity index (χ1n) is 5.03. The van der Waals surface area contributed by atoms with Crippen LogP contribution in [0.15, 0.2) is 0 Å². The molecule has 3 saturated carbocycles. The molecule has 0 heterocycles. The Bertz CT molecular complexity index is 169. The maximum atomic E-state index is 2.47. The smallest absolute Gasteiger partial charge is 0.0295 e. The van der Waals surface area contributed by atoms with Crippen molar-refractivity contribution in [1.82, 2.24) is 0 Å². The fraction of sp³-hybridized carbons (Fsp3) is 1.00. The van der Waals surface area contributed by atoms with Crippen molar-refractivity contribution in [2.75, 3.05) is 0 Å². The van der Waals surface area contributed by atoms with Crippen molar-refractivity contribution >= 4 is 0 Å². The van der Waals surface area contributed by atoms with Crippen molar-refractivity contribution in [3.8, 4) is 0 Å². The van der Waals surface area contributed by atoms with Crippen LogP contribution in [0.5, 0.6) is 0 Å². The number of rotatable bonds is 0. The second-order valence-electron chi connectivity index (χ2n) is 5.43. The van der Waals surface area contributed by atoms with E-state index < -0.39 is 0 Å². The first kappa shape index (κ1) is 7.64. The van der Waals surface area contributed by atoms with Crippen LogP contribution in [0.25, 0.3) is 0 Å². The molecule has 0 radical (unpaired) electrons. The van der Waals surface area contributed by atoms with Crippen molar-refractivity contribution in [3.05, 3.63) is 0 Å². The van der Waals surface area contributed by atoms with E-state index in [0.29, 0.717) is 5.41 Å². The Morgan fingerprint density at radius 1 is 1.09 bits per heavy atom. The summed E-state index contributed by atoms with van der Waals surface area (Å²) in [7, 11) is 0. The van der Waals surface area contributed by atoms with Gasteiger partial charge in [-0.25, -0.2) is 0 Å². The molecule has 4 atom stereocenters. The summed E-state index contributed by atoms with van der Waals surface area (Å²) in [5.74, 6) is 4.07. The molecule has 64 valence electrons. The highest BCUT2D eigenvalue weighted by molar-refractivity contribution is 5.03. The average Bonchev–Trinajstić information content (AvgIpc) is 1.93. The molecular weight excluding hydrogens is 132 g/mol. The van der Waals surface area contributed by atoms with Crippen LogP contribution in [-0.2, 0) is 0 Å². The molecule has 3 aliphatic carbocycles. The largest absolute Gasteiger partial charge is 0.0622 e. The third-order valence-corrected chi connectivity index (χ3v) is 4.73. The van der Waals surface area contributed by atoms with E-state index in [2.05, 4.69) is 27.7 Å². The van der Waals surface area contributed by atoms with Crippen molar-refractivity contribution < 1.29 is 0 Å². The van der Waals surface area contributed by atoms with E-state index in [1.165, 1.54) is 12.8 Å². The molecule has 0 heteroatoms. The van der Waals surface area contributed by atoms with Gasteiger partial charge >= 0.3 is 0 Å². The van der Waals surface area contributed by atoms with E-state index in [0.717, 1.165) is 23.7 Å². The summed E-state index contributed by atoms with van der Waals surface area (Å²) in [5.41, 5.74) is 0.686. The topological polar surface area (TPSA) is 0 Å². The van der Waals surface area contributed by atoms with Gasteiger partial charge in [-0.05, 0) is 41.9 Å². The van der Waals surface area contributed by atoms with Gasteiger partial charge in [0.1, 0.15) is 0 Å². The number of fused-ring (bicyclic) bond motifs is 2. The third-order valence-electron chi connectivity index (χ3n) is 4.73. The Balaban J connectivity index is 2.17. The molecule has 0 spiro atoms. The van der Waals surface area contributed by atoms with Gasteiger partial charge in [0.25, 0.3) is 0 Å². The minimum absolute atomic E-state index is 0.686. The van der Waals surface area contributed by atoms with Crippen LogP contribution in [0.4, 0.5) is 0 Å². The molecule has 0 nitrogen and oxygen atoms in total. The normalized spacial score (nSPS) is 53.5. The van der Waals surface area contributed by atoms with Crippen LogP contribution in [0, 0.1) is 29.1 Å². The van der Waals surface area contributed by atoms with Gasteiger partial charge in [-0.2, -0.15) is 0 Å². The fourth-order valence-electron chi connectivity index (χ4n) is 3.41. The summed E-state index contributed by atoms with van der Waals surface area (Å²) in [6, 6.07) is 0. The summed E-state index contributed by atoms with van der Waals surface area (Å²) >= 11 is 0. The Morgan fingerprint density at radius 3 is 2.09 bits per heavy atom. The lowest BCUT2D eigenvalue weighted by molar-refractivity contribution is -0.124. The second kappa shape index (κ2) is 2.02. The van der Waals surface area contributed by atoms with E-state index in [9.17, 15) is 0 Å². The van der Waals surface area contributed by atoms with Crippen molar-refractivity contribution in [3.63, 3.8) is 0 Å². The van der Waals surface area contributed by atoms with E-state index >= 15 is 0 Å². The summed E-state index contributed by atoms with van der Waals surface area (Å²) in [4.78, 5) is 0. The van der Waals surface area contributed by atoms with Gasteiger partial charge in [-0.1, -0.05) is 27.7 Å². The lowest BCUT2D eigenvalue weighted by Crippen LogP contribution is -2.54. The van der Waals surface area contributed by atoms with E-state index in [4.69, 9.17) is 0 Å². The minimum Gasteiger partial charge on any atom is -0.0622 e. The molecule has 0 aromatic rings. The Labute approximate surface area is 70.4 Å². The standard InChI is InChI=1S/C11H20/c1-7-5-9-6-10(8(7)2)11(9,3)4/h7-10H,5-6H2,1-4H3/t7?,8-,9+,10+/m0/s1. The first-order chi connectivity index (χ1) is 5.03. The summed E-state index contributed by atoms with van der Waals surface area (Å²) in [6.45, 7) is 9.81. The van der Waals surface area contributed by atoms with Crippen LogP contribution in [0.3, 0.4) is 0 Å². The predicted molar refractivity (Wildman–Crippen MR) is 48.3 cm³/mol. The highest BCUT2D eigenvalue weighted by atomic mass is 14.6. The lowest BCUT2D eigenvalue weighted by Gasteiger charge is -2.61. The van der Waals surface area contributed by atoms with Gasteiger partial charge in [0.15, 0.2) is 0 Å². The summed E-state index contributed by atoms with van der Waals surface area (Å²) < 4.78 is 0. The molecule has 0 aliphatic heterocycles. The Hall–Kier alpha value is 0. The number of hydrogen-bond acceptors (Lipinski definition) is 0. The van der Waals surface area contributed by atoms with Gasteiger partial charge in [-0.15, -0.1) is 0 Å². The van der Waals surface area contributed by atoms with Crippen LogP contribution in [0.1, 0.15) is 40.5 Å². The average molecular weight is 152 g/mol. The molecule has 3 aliphatic rings. The summed E-state index contributed by atoms with van der Waals surface area (Å²) in [6.07, 6.45) is 3.02. The summed E-state index contributed by atoms with van der Waals surface area (Å²) in [5, 5.41) is 0. The molecule has 2 bridgehead atoms. The minimum atomic E-state index is 0.686. The zero-order valence-corrected chi connectivity index (χ0v) is 8.22. The third kappa shape index (κ3) is 0.816. The van der Waals surface area contributed by atoms with Gasteiger partial charge in [0.2, 0.25) is 0 Å². The molecule has 3 rings (SSSR count). The Morgan fingerprint density at radius 2 is 1.73 bits per heavy atom. The second-order valence-corrected chi connectivity index (χ2v) is 5.43. The molecule has 0 aromatic carbocycles. The zero-order valence-electron chi connectivity index (χ0n) is 8.22. The van der Waals surface area contributed by atoms with Gasteiger partial charge < -0.3 is 0 Å². The van der Waals surface area contributed by atoms with Crippen LogP contribution >= 0.6 is 0 Å². The number of hydrogen-bond donors (Lipinski definition) is 0. The SMILES string of the molecule is CC1C[C@@H]2C[C@H]([C@H]1C)C2(C)C. The molecule has 0 saturated heterocycles. The van der Waals surface area contributed by atoms with Gasteiger partial charge in [0.05, 0.1) is 0 Å². The molecule has 11 heavy (non-hydrogen) atoms. The molecule has 3 fully saturated rings. The highest BCUT2D eigenvalue weighted by Gasteiger charge is 2.54. The van der Waals surface area contributed by atoms with E-state index in [1.54, 1.807) is 0 Å². The fourth-order valence-corrected chi connectivity index (χ4v) is 3.41. The maximum absolute atomic E-state index is 2.47. The highest BCUT2D eigenvalue weighted by Crippen LogP contribution is 2.62. The monoisotopic (exact) mass is 152 g/mol. The first-order valence-corrected chi connectivity index (χ1v) is 5.03. The predicted octanol–water partition coefficient (Wildman–Crippen LogP) is 3.32. The zero-order chi connectivity index (χ0) is 8.22. The van der Waals surface area contributed by atoms with E-state index in [-0.39, 0.29) is 0 Å². The molecule has 0 N–H and O–H groups in total. The molecular formula is C11H20. The van der Waals surface area contributed by atoms with Crippen LogP contribution in [0.2, 0.25) is 0 Å². The molecule has 1 unspecified atom stereocenters. The van der Waals surface area contributed by atoms with Gasteiger partial charge in [-0.3, -0.25) is 0 Å². The van der Waals surface area contributed by atoms with Crippen LogP contribution in [-0.4, -0.2) is 0 Å². The van der Waals surface area contributed by atoms with Crippen LogP contribution < -0.4 is 0 Å². The lowest BCUT2D eigenvalue weighted by atomic mass is 9.44. The molecule has 0 aromatic heterocycles. The Kier molecular flexibility index (Phi) is 1.41. The van der Waals surface area contributed by atoms with Crippen molar-refractivity contribution in [2.24, 2.45) is 29.1 Å².